The molecule has 1 aromatic heterocycles. The normalized spacial score (nSPS) is 11.8. The second-order valence-electron chi connectivity index (χ2n) is 3.62. The van der Waals surface area contributed by atoms with Gasteiger partial charge in [-0.2, -0.15) is 4.31 Å². The highest BCUT2D eigenvalue weighted by molar-refractivity contribution is 7.89. The molecule has 0 aliphatic carbocycles. The Balaban J connectivity index is 3.10. The lowest BCUT2D eigenvalue weighted by molar-refractivity contribution is 0.427. The topological polar surface area (TPSA) is 62.3 Å². The fourth-order valence-electron chi connectivity index (χ4n) is 1.56. The summed E-state index contributed by atoms with van der Waals surface area (Å²) in [4.78, 5) is 4.29. The maximum Gasteiger partial charge on any atom is 0.243 e. The molecule has 1 N–H and O–H groups in total. The first-order valence-electron chi connectivity index (χ1n) is 5.70. The number of pyridine rings is 1. The van der Waals surface area contributed by atoms with E-state index >= 15 is 0 Å². The molecule has 0 aliphatic rings. The van der Waals surface area contributed by atoms with Gasteiger partial charge in [-0.25, -0.2) is 13.4 Å². The van der Waals surface area contributed by atoms with Gasteiger partial charge in [-0.05, 0) is 12.5 Å². The third-order valence-corrected chi connectivity index (χ3v) is 4.42. The summed E-state index contributed by atoms with van der Waals surface area (Å²) in [6, 6.07) is 3.07. The Bertz CT molecular complexity index is 460. The number of sulfonamides is 1. The summed E-state index contributed by atoms with van der Waals surface area (Å²) in [6.45, 7) is 4.82. The van der Waals surface area contributed by atoms with Gasteiger partial charge in [-0.3, -0.25) is 0 Å². The lowest BCUT2D eigenvalue weighted by Crippen LogP contribution is -2.31. The van der Waals surface area contributed by atoms with Crippen LogP contribution in [0.25, 0.3) is 0 Å². The molecule has 0 saturated heterocycles. The van der Waals surface area contributed by atoms with Crippen molar-refractivity contribution in [3.8, 4) is 0 Å². The summed E-state index contributed by atoms with van der Waals surface area (Å²) in [6.07, 6.45) is 2.30. The summed E-state index contributed by atoms with van der Waals surface area (Å²) >= 11 is 0. The van der Waals surface area contributed by atoms with Crippen LogP contribution in [0.3, 0.4) is 0 Å². The van der Waals surface area contributed by atoms with Crippen molar-refractivity contribution in [3.63, 3.8) is 0 Å². The van der Waals surface area contributed by atoms with Crippen LogP contribution in [0.5, 0.6) is 0 Å². The molecule has 0 radical (unpaired) electrons. The molecule has 96 valence electrons. The second-order valence-corrected chi connectivity index (χ2v) is 5.56. The van der Waals surface area contributed by atoms with Crippen molar-refractivity contribution < 1.29 is 8.42 Å². The number of nitrogens with one attached hydrogen (secondary N) is 1. The van der Waals surface area contributed by atoms with E-state index in [1.165, 1.54) is 16.6 Å². The van der Waals surface area contributed by atoms with Crippen molar-refractivity contribution in [3.05, 3.63) is 18.3 Å². The molecule has 6 heteroatoms. The predicted octanol–water partition coefficient (Wildman–Crippen LogP) is 1.54. The summed E-state index contributed by atoms with van der Waals surface area (Å²) in [7, 11) is -1.68. The van der Waals surface area contributed by atoms with E-state index in [0.29, 0.717) is 18.9 Å². The van der Waals surface area contributed by atoms with Gasteiger partial charge in [0.1, 0.15) is 5.82 Å². The van der Waals surface area contributed by atoms with Gasteiger partial charge in [0.2, 0.25) is 10.0 Å². The van der Waals surface area contributed by atoms with Crippen molar-refractivity contribution >= 4 is 15.8 Å². The zero-order valence-electron chi connectivity index (χ0n) is 10.5. The van der Waals surface area contributed by atoms with Gasteiger partial charge in [0.15, 0.2) is 0 Å². The molecule has 0 atom stereocenters. The first kappa shape index (κ1) is 13.9. The van der Waals surface area contributed by atoms with Crippen molar-refractivity contribution in [2.75, 3.05) is 25.5 Å². The molecule has 0 saturated carbocycles. The molecule has 17 heavy (non-hydrogen) atoms. The van der Waals surface area contributed by atoms with Crippen molar-refractivity contribution in [1.29, 1.82) is 0 Å². The third kappa shape index (κ3) is 3.17. The lowest BCUT2D eigenvalue weighted by Gasteiger charge is -2.19. The van der Waals surface area contributed by atoms with E-state index in [2.05, 4.69) is 10.3 Å². The van der Waals surface area contributed by atoms with Crippen LogP contribution in [0.4, 0.5) is 5.82 Å². The first-order chi connectivity index (χ1) is 8.06. The zero-order valence-corrected chi connectivity index (χ0v) is 11.3. The number of nitrogens with zero attached hydrogens (tertiary/aromatic N) is 2. The highest BCUT2D eigenvalue weighted by Crippen LogP contribution is 2.17. The van der Waals surface area contributed by atoms with Crippen molar-refractivity contribution in [2.45, 2.75) is 25.2 Å². The highest BCUT2D eigenvalue weighted by Gasteiger charge is 2.22. The Morgan fingerprint density at radius 1 is 1.41 bits per heavy atom. The molecule has 1 rings (SSSR count). The van der Waals surface area contributed by atoms with Gasteiger partial charge < -0.3 is 5.32 Å². The van der Waals surface area contributed by atoms with E-state index in [4.69, 9.17) is 0 Å². The van der Waals surface area contributed by atoms with Crippen LogP contribution >= 0.6 is 0 Å². The summed E-state index contributed by atoms with van der Waals surface area (Å²) in [5.41, 5.74) is 0. The van der Waals surface area contributed by atoms with E-state index < -0.39 is 10.0 Å². The lowest BCUT2D eigenvalue weighted by atomic mass is 10.5. The number of hydrogen-bond acceptors (Lipinski definition) is 4. The quantitative estimate of drug-likeness (QED) is 0.839. The molecule has 0 bridgehead atoms. The van der Waals surface area contributed by atoms with Crippen LogP contribution in [0, 0.1) is 0 Å². The Hall–Kier alpha value is -1.14. The second kappa shape index (κ2) is 5.97. The van der Waals surface area contributed by atoms with Crippen LogP contribution in [0.15, 0.2) is 23.2 Å². The minimum Gasteiger partial charge on any atom is -0.373 e. The molecular weight excluding hydrogens is 238 g/mol. The molecule has 1 aromatic rings. The van der Waals surface area contributed by atoms with Gasteiger partial charge in [0.25, 0.3) is 0 Å². The van der Waals surface area contributed by atoms with E-state index in [0.717, 1.165) is 6.42 Å². The molecule has 0 amide bonds. The van der Waals surface area contributed by atoms with Crippen LogP contribution in [-0.2, 0) is 10.0 Å². The number of anilines is 1. The van der Waals surface area contributed by atoms with Gasteiger partial charge in [0.05, 0.1) is 4.90 Å². The SMILES string of the molecule is CCCN(CC)S(=O)(=O)c1ccnc(NC)c1. The molecule has 0 aliphatic heterocycles. The fourth-order valence-corrected chi connectivity index (χ4v) is 3.11. The van der Waals surface area contributed by atoms with Gasteiger partial charge >= 0.3 is 0 Å². The summed E-state index contributed by atoms with van der Waals surface area (Å²) < 4.78 is 26.1. The van der Waals surface area contributed by atoms with E-state index in [-0.39, 0.29) is 4.90 Å². The molecule has 0 fully saturated rings. The summed E-state index contributed by atoms with van der Waals surface area (Å²) in [5.74, 6) is 0.554. The minimum atomic E-state index is -3.39. The first-order valence-corrected chi connectivity index (χ1v) is 7.14. The standard InChI is InChI=1S/C11H19N3O2S/c1-4-8-14(5-2)17(15,16)10-6-7-13-11(9-10)12-3/h6-7,9H,4-5,8H2,1-3H3,(H,12,13). The van der Waals surface area contributed by atoms with Crippen LogP contribution in [0.1, 0.15) is 20.3 Å². The monoisotopic (exact) mass is 257 g/mol. The molecule has 0 unspecified atom stereocenters. The van der Waals surface area contributed by atoms with Crippen molar-refractivity contribution in [2.24, 2.45) is 0 Å². The minimum absolute atomic E-state index is 0.284. The maximum atomic E-state index is 12.3. The third-order valence-electron chi connectivity index (χ3n) is 2.45. The Labute approximate surface area is 103 Å². The average Bonchev–Trinajstić information content (AvgIpc) is 2.35. The van der Waals surface area contributed by atoms with Crippen molar-refractivity contribution in [1.82, 2.24) is 9.29 Å². The number of aromatic nitrogens is 1. The van der Waals surface area contributed by atoms with Gasteiger partial charge in [0, 0.05) is 32.4 Å². The Morgan fingerprint density at radius 3 is 2.65 bits per heavy atom. The molecule has 0 aromatic carbocycles. The van der Waals surface area contributed by atoms with Crippen LogP contribution < -0.4 is 5.32 Å². The molecule has 1 heterocycles. The van der Waals surface area contributed by atoms with Gasteiger partial charge in [-0.1, -0.05) is 13.8 Å². The highest BCUT2D eigenvalue weighted by atomic mass is 32.2. The van der Waals surface area contributed by atoms with Gasteiger partial charge in [-0.15, -0.1) is 0 Å². The molecular formula is C11H19N3O2S. The molecule has 5 nitrogen and oxygen atoms in total. The van der Waals surface area contributed by atoms with Crippen LogP contribution in [-0.4, -0.2) is 37.8 Å². The average molecular weight is 257 g/mol. The zero-order chi connectivity index (χ0) is 12.9. The number of rotatable bonds is 6. The number of hydrogen-bond donors (Lipinski definition) is 1. The largest absolute Gasteiger partial charge is 0.373 e. The van der Waals surface area contributed by atoms with Crippen LogP contribution in [0.2, 0.25) is 0 Å². The van der Waals surface area contributed by atoms with E-state index in [1.54, 1.807) is 13.1 Å². The fraction of sp³-hybridized carbons (Fsp3) is 0.545. The maximum absolute atomic E-state index is 12.3. The Morgan fingerprint density at radius 2 is 2.12 bits per heavy atom. The van der Waals surface area contributed by atoms with E-state index in [1.807, 2.05) is 13.8 Å². The smallest absolute Gasteiger partial charge is 0.243 e. The van der Waals surface area contributed by atoms with E-state index in [9.17, 15) is 8.42 Å². The Kier molecular flexibility index (Phi) is 4.89. The summed E-state index contributed by atoms with van der Waals surface area (Å²) in [5, 5.41) is 2.83. The molecule has 0 spiro atoms. The predicted molar refractivity (Wildman–Crippen MR) is 68.5 cm³/mol.